The van der Waals surface area contributed by atoms with Crippen molar-refractivity contribution in [2.75, 3.05) is 39.8 Å². The first-order valence-electron chi connectivity index (χ1n) is 12.0. The highest BCUT2D eigenvalue weighted by Crippen LogP contribution is 2.41. The van der Waals surface area contributed by atoms with Crippen LogP contribution >= 0.6 is 0 Å². The number of likely N-dealkylation sites (tertiary alicyclic amines) is 2. The Morgan fingerprint density at radius 3 is 2.39 bits per heavy atom. The SMILES string of the molecule is COc1ccc(C2(CN3CCC(NC(=O)CN4CCCC4=O)CC3)CCCCC2)cc1. The van der Waals surface area contributed by atoms with Crippen LogP contribution in [-0.4, -0.2) is 67.5 Å². The second kappa shape index (κ2) is 10.0. The van der Waals surface area contributed by atoms with Crippen LogP contribution in [0.1, 0.15) is 63.4 Å². The van der Waals surface area contributed by atoms with E-state index in [1.165, 1.54) is 37.7 Å². The second-order valence-electron chi connectivity index (χ2n) is 9.61. The van der Waals surface area contributed by atoms with Crippen molar-refractivity contribution in [1.29, 1.82) is 0 Å². The number of piperidine rings is 1. The highest BCUT2D eigenvalue weighted by Gasteiger charge is 2.36. The summed E-state index contributed by atoms with van der Waals surface area (Å²) in [5.74, 6) is 1.03. The van der Waals surface area contributed by atoms with Crippen LogP contribution in [0.4, 0.5) is 0 Å². The van der Waals surface area contributed by atoms with E-state index >= 15 is 0 Å². The van der Waals surface area contributed by atoms with Gasteiger partial charge >= 0.3 is 0 Å². The molecule has 2 heterocycles. The molecule has 3 fully saturated rings. The van der Waals surface area contributed by atoms with Crippen molar-refractivity contribution in [2.45, 2.75) is 69.2 Å². The molecule has 6 heteroatoms. The van der Waals surface area contributed by atoms with Crippen LogP contribution in [0.5, 0.6) is 5.75 Å². The number of nitrogens with zero attached hydrogens (tertiary/aromatic N) is 2. The molecule has 1 aromatic carbocycles. The van der Waals surface area contributed by atoms with E-state index in [1.54, 1.807) is 12.0 Å². The predicted octanol–water partition coefficient (Wildman–Crippen LogP) is 3.10. The van der Waals surface area contributed by atoms with E-state index in [0.717, 1.165) is 51.2 Å². The molecular formula is C25H37N3O3. The number of hydrogen-bond donors (Lipinski definition) is 1. The zero-order valence-electron chi connectivity index (χ0n) is 18.9. The fourth-order valence-corrected chi connectivity index (χ4v) is 5.69. The lowest BCUT2D eigenvalue weighted by Crippen LogP contribution is -2.50. The summed E-state index contributed by atoms with van der Waals surface area (Å²) >= 11 is 0. The highest BCUT2D eigenvalue weighted by molar-refractivity contribution is 5.85. The third kappa shape index (κ3) is 5.40. The van der Waals surface area contributed by atoms with Gasteiger partial charge < -0.3 is 19.9 Å². The van der Waals surface area contributed by atoms with Gasteiger partial charge in [-0.3, -0.25) is 9.59 Å². The summed E-state index contributed by atoms with van der Waals surface area (Å²) in [5, 5.41) is 3.17. The molecule has 0 radical (unpaired) electrons. The van der Waals surface area contributed by atoms with Gasteiger partial charge in [0.15, 0.2) is 0 Å². The number of methoxy groups -OCH3 is 1. The number of ether oxygens (including phenoxy) is 1. The Bertz CT molecular complexity index is 750. The summed E-state index contributed by atoms with van der Waals surface area (Å²) < 4.78 is 5.36. The molecule has 6 nitrogen and oxygen atoms in total. The monoisotopic (exact) mass is 427 g/mol. The number of carbonyl (C=O) groups excluding carboxylic acids is 2. The Balaban J connectivity index is 1.30. The largest absolute Gasteiger partial charge is 0.497 e. The molecule has 4 rings (SSSR count). The Hall–Kier alpha value is -2.08. The van der Waals surface area contributed by atoms with Crippen LogP contribution in [0.2, 0.25) is 0 Å². The van der Waals surface area contributed by atoms with E-state index in [2.05, 4.69) is 34.5 Å². The smallest absolute Gasteiger partial charge is 0.239 e. The molecule has 1 aliphatic carbocycles. The quantitative estimate of drug-likeness (QED) is 0.726. The fourth-order valence-electron chi connectivity index (χ4n) is 5.69. The van der Waals surface area contributed by atoms with Gasteiger partial charge in [-0.1, -0.05) is 31.4 Å². The summed E-state index contributed by atoms with van der Waals surface area (Å²) in [7, 11) is 1.72. The van der Waals surface area contributed by atoms with Gasteiger partial charge in [0.1, 0.15) is 5.75 Å². The maximum Gasteiger partial charge on any atom is 0.239 e. The van der Waals surface area contributed by atoms with Crippen molar-refractivity contribution in [3.63, 3.8) is 0 Å². The molecular weight excluding hydrogens is 390 g/mol. The third-order valence-electron chi connectivity index (χ3n) is 7.50. The minimum Gasteiger partial charge on any atom is -0.497 e. The minimum atomic E-state index is -0.00400. The first-order valence-corrected chi connectivity index (χ1v) is 12.0. The van der Waals surface area contributed by atoms with E-state index in [9.17, 15) is 9.59 Å². The standard InChI is InChI=1S/C25H37N3O3/c1-31-22-9-7-20(8-10-22)25(13-3-2-4-14-25)19-27-16-11-21(12-17-27)26-23(29)18-28-15-5-6-24(28)30/h7-10,21H,2-6,11-19H2,1H3,(H,26,29). The lowest BCUT2D eigenvalue weighted by atomic mass is 9.69. The lowest BCUT2D eigenvalue weighted by Gasteiger charge is -2.44. The van der Waals surface area contributed by atoms with E-state index in [0.29, 0.717) is 6.42 Å². The minimum absolute atomic E-state index is 0.00400. The van der Waals surface area contributed by atoms with Crippen molar-refractivity contribution in [3.8, 4) is 5.75 Å². The van der Waals surface area contributed by atoms with E-state index < -0.39 is 0 Å². The maximum absolute atomic E-state index is 12.4. The first-order chi connectivity index (χ1) is 15.1. The van der Waals surface area contributed by atoms with Crippen molar-refractivity contribution < 1.29 is 14.3 Å². The molecule has 0 spiro atoms. The van der Waals surface area contributed by atoms with E-state index in [4.69, 9.17) is 4.74 Å². The number of hydrogen-bond acceptors (Lipinski definition) is 4. The molecule has 0 bridgehead atoms. The van der Waals surface area contributed by atoms with Gasteiger partial charge in [-0.25, -0.2) is 0 Å². The lowest BCUT2D eigenvalue weighted by molar-refractivity contribution is -0.133. The Morgan fingerprint density at radius 1 is 1.06 bits per heavy atom. The van der Waals surface area contributed by atoms with Crippen molar-refractivity contribution in [3.05, 3.63) is 29.8 Å². The zero-order chi connectivity index (χ0) is 21.7. The number of carbonyl (C=O) groups is 2. The highest BCUT2D eigenvalue weighted by atomic mass is 16.5. The van der Waals surface area contributed by atoms with Crippen LogP contribution in [-0.2, 0) is 15.0 Å². The summed E-state index contributed by atoms with van der Waals surface area (Å²) in [6.07, 6.45) is 9.87. The summed E-state index contributed by atoms with van der Waals surface area (Å²) in [6.45, 7) is 4.08. The van der Waals surface area contributed by atoms with Gasteiger partial charge in [-0.15, -0.1) is 0 Å². The molecule has 2 amide bonds. The molecule has 1 saturated carbocycles. The molecule has 2 aliphatic heterocycles. The zero-order valence-corrected chi connectivity index (χ0v) is 18.9. The molecule has 1 N–H and O–H groups in total. The molecule has 0 aromatic heterocycles. The average molecular weight is 428 g/mol. The predicted molar refractivity (Wildman–Crippen MR) is 121 cm³/mol. The molecule has 2 saturated heterocycles. The number of amides is 2. The molecule has 31 heavy (non-hydrogen) atoms. The van der Waals surface area contributed by atoms with Gasteiger partial charge in [0, 0.05) is 44.1 Å². The summed E-state index contributed by atoms with van der Waals surface area (Å²) in [5.41, 5.74) is 1.68. The van der Waals surface area contributed by atoms with Gasteiger partial charge in [0.25, 0.3) is 0 Å². The van der Waals surface area contributed by atoms with E-state index in [-0.39, 0.29) is 29.8 Å². The van der Waals surface area contributed by atoms with Gasteiger partial charge in [-0.05, 0) is 49.8 Å². The first kappa shape index (κ1) is 22.1. The van der Waals surface area contributed by atoms with Crippen molar-refractivity contribution in [2.24, 2.45) is 0 Å². The number of nitrogens with one attached hydrogen (secondary N) is 1. The Kier molecular flexibility index (Phi) is 7.16. The molecule has 0 unspecified atom stereocenters. The van der Waals surface area contributed by atoms with Crippen LogP contribution in [0.25, 0.3) is 0 Å². The van der Waals surface area contributed by atoms with Crippen LogP contribution < -0.4 is 10.1 Å². The molecule has 170 valence electrons. The van der Waals surface area contributed by atoms with E-state index in [1.807, 2.05) is 0 Å². The van der Waals surface area contributed by atoms with Crippen LogP contribution in [0.3, 0.4) is 0 Å². The van der Waals surface area contributed by atoms with Crippen molar-refractivity contribution >= 4 is 11.8 Å². The number of rotatable bonds is 7. The maximum atomic E-state index is 12.4. The van der Waals surface area contributed by atoms with Crippen LogP contribution in [0.15, 0.2) is 24.3 Å². The molecule has 0 atom stereocenters. The summed E-state index contributed by atoms with van der Waals surface area (Å²) in [4.78, 5) is 28.4. The van der Waals surface area contributed by atoms with Gasteiger partial charge in [0.05, 0.1) is 13.7 Å². The Morgan fingerprint density at radius 2 is 1.77 bits per heavy atom. The summed E-state index contributed by atoms with van der Waals surface area (Å²) in [6, 6.07) is 8.94. The average Bonchev–Trinajstić information content (AvgIpc) is 3.20. The second-order valence-corrected chi connectivity index (χ2v) is 9.61. The normalized spacial score (nSPS) is 22.5. The van der Waals surface area contributed by atoms with Gasteiger partial charge in [0.2, 0.25) is 11.8 Å². The van der Waals surface area contributed by atoms with Crippen molar-refractivity contribution in [1.82, 2.24) is 15.1 Å². The topological polar surface area (TPSA) is 61.9 Å². The fraction of sp³-hybridized carbons (Fsp3) is 0.680. The molecule has 3 aliphatic rings. The molecule has 1 aromatic rings. The number of benzene rings is 1. The Labute approximate surface area is 186 Å². The van der Waals surface area contributed by atoms with Crippen LogP contribution in [0, 0.1) is 0 Å². The van der Waals surface area contributed by atoms with Gasteiger partial charge in [-0.2, -0.15) is 0 Å². The third-order valence-corrected chi connectivity index (χ3v) is 7.50.